The second kappa shape index (κ2) is 7.48. The van der Waals surface area contributed by atoms with Crippen LogP contribution in [0.3, 0.4) is 0 Å². The van der Waals surface area contributed by atoms with Crippen LogP contribution in [0.4, 0.5) is 5.69 Å². The molecule has 3 aromatic carbocycles. The smallest absolute Gasteiger partial charge is 0.261 e. The van der Waals surface area contributed by atoms with E-state index in [1.54, 1.807) is 13.1 Å². The van der Waals surface area contributed by atoms with Crippen molar-refractivity contribution in [2.45, 2.75) is 17.3 Å². The zero-order valence-electron chi connectivity index (χ0n) is 15.5. The number of hydrogen-bond acceptors (Lipinski definition) is 4. The zero-order valence-corrected chi connectivity index (χ0v) is 16.4. The Bertz CT molecular complexity index is 1240. The summed E-state index contributed by atoms with van der Waals surface area (Å²) < 4.78 is 1.49. The summed E-state index contributed by atoms with van der Waals surface area (Å²) in [5.74, 6) is -0.135. The van der Waals surface area contributed by atoms with E-state index in [0.29, 0.717) is 16.1 Å². The van der Waals surface area contributed by atoms with Gasteiger partial charge < -0.3 is 5.32 Å². The number of rotatable bonds is 4. The molecule has 1 unspecified atom stereocenters. The molecule has 1 aromatic heterocycles. The van der Waals surface area contributed by atoms with Crippen LogP contribution in [0.1, 0.15) is 6.92 Å². The predicted molar refractivity (Wildman–Crippen MR) is 115 cm³/mol. The first-order valence-electron chi connectivity index (χ1n) is 8.95. The summed E-state index contributed by atoms with van der Waals surface area (Å²) in [6, 6.07) is 21.0. The lowest BCUT2D eigenvalue weighted by Gasteiger charge is -2.15. The fourth-order valence-electron chi connectivity index (χ4n) is 3.08. The molecule has 0 spiro atoms. The third-order valence-electron chi connectivity index (χ3n) is 4.64. The van der Waals surface area contributed by atoms with E-state index in [2.05, 4.69) is 10.3 Å². The normalized spacial score (nSPS) is 12.2. The molecule has 140 valence electrons. The van der Waals surface area contributed by atoms with Crippen molar-refractivity contribution in [3.8, 4) is 0 Å². The molecule has 1 N–H and O–H groups in total. The van der Waals surface area contributed by atoms with Crippen LogP contribution in [-0.2, 0) is 11.8 Å². The Kier molecular flexibility index (Phi) is 4.88. The number of aromatic nitrogens is 2. The summed E-state index contributed by atoms with van der Waals surface area (Å²) in [4.78, 5) is 29.9. The SMILES string of the molecule is CC(Sc1nc2ccccc2c(=O)n1C)C(=O)Nc1cccc2ccccc12. The van der Waals surface area contributed by atoms with Crippen molar-refractivity contribution >= 4 is 45.0 Å². The van der Waals surface area contributed by atoms with E-state index >= 15 is 0 Å². The van der Waals surface area contributed by atoms with Gasteiger partial charge >= 0.3 is 0 Å². The number of thioether (sulfide) groups is 1. The molecule has 4 rings (SSSR count). The monoisotopic (exact) mass is 389 g/mol. The van der Waals surface area contributed by atoms with Gasteiger partial charge in [-0.2, -0.15) is 0 Å². The number of benzene rings is 3. The first kappa shape index (κ1) is 18.3. The van der Waals surface area contributed by atoms with Crippen LogP contribution in [0.5, 0.6) is 0 Å². The molecule has 4 aromatic rings. The van der Waals surface area contributed by atoms with Crippen molar-refractivity contribution in [1.82, 2.24) is 9.55 Å². The van der Waals surface area contributed by atoms with Crippen LogP contribution in [0.2, 0.25) is 0 Å². The molecule has 0 saturated carbocycles. The average Bonchev–Trinajstić information content (AvgIpc) is 2.72. The van der Waals surface area contributed by atoms with Crippen molar-refractivity contribution in [3.05, 3.63) is 77.1 Å². The highest BCUT2D eigenvalue weighted by atomic mass is 32.2. The molecular weight excluding hydrogens is 370 g/mol. The number of carbonyl (C=O) groups excluding carboxylic acids is 1. The van der Waals surface area contributed by atoms with Gasteiger partial charge in [0.05, 0.1) is 16.2 Å². The van der Waals surface area contributed by atoms with Crippen LogP contribution < -0.4 is 10.9 Å². The first-order chi connectivity index (χ1) is 13.5. The van der Waals surface area contributed by atoms with Gasteiger partial charge in [0.1, 0.15) is 0 Å². The van der Waals surface area contributed by atoms with Gasteiger partial charge in [0.15, 0.2) is 5.16 Å². The van der Waals surface area contributed by atoms with Gasteiger partial charge in [-0.05, 0) is 30.5 Å². The maximum atomic E-state index is 12.8. The Hall–Kier alpha value is -3.12. The Morgan fingerprint density at radius 1 is 1.00 bits per heavy atom. The van der Waals surface area contributed by atoms with E-state index in [-0.39, 0.29) is 11.5 Å². The molecule has 0 radical (unpaired) electrons. The Labute approximate surface area is 166 Å². The molecule has 1 heterocycles. The summed E-state index contributed by atoms with van der Waals surface area (Å²) in [5, 5.41) is 5.73. The Balaban J connectivity index is 1.59. The Morgan fingerprint density at radius 3 is 2.50 bits per heavy atom. The third kappa shape index (κ3) is 3.39. The number of anilines is 1. The van der Waals surface area contributed by atoms with Gasteiger partial charge in [-0.3, -0.25) is 14.2 Å². The maximum absolute atomic E-state index is 12.8. The Morgan fingerprint density at radius 2 is 1.68 bits per heavy atom. The molecule has 0 aliphatic carbocycles. The lowest BCUT2D eigenvalue weighted by atomic mass is 10.1. The summed E-state index contributed by atoms with van der Waals surface area (Å²) in [5.41, 5.74) is 1.29. The summed E-state index contributed by atoms with van der Waals surface area (Å²) >= 11 is 1.27. The second-order valence-corrected chi connectivity index (χ2v) is 7.86. The molecule has 0 saturated heterocycles. The molecule has 1 atom stereocenters. The molecule has 1 amide bonds. The zero-order chi connectivity index (χ0) is 19.7. The number of nitrogens with one attached hydrogen (secondary N) is 1. The van der Waals surface area contributed by atoms with E-state index in [1.807, 2.05) is 67.6 Å². The van der Waals surface area contributed by atoms with Gasteiger partial charge in [-0.15, -0.1) is 0 Å². The maximum Gasteiger partial charge on any atom is 0.261 e. The average molecular weight is 389 g/mol. The molecule has 28 heavy (non-hydrogen) atoms. The highest BCUT2D eigenvalue weighted by molar-refractivity contribution is 8.00. The van der Waals surface area contributed by atoms with Crippen molar-refractivity contribution in [1.29, 1.82) is 0 Å². The first-order valence-corrected chi connectivity index (χ1v) is 9.83. The number of fused-ring (bicyclic) bond motifs is 2. The van der Waals surface area contributed by atoms with Crippen LogP contribution >= 0.6 is 11.8 Å². The molecule has 0 aliphatic rings. The molecular formula is C22H19N3O2S. The van der Waals surface area contributed by atoms with E-state index in [9.17, 15) is 9.59 Å². The molecule has 0 bridgehead atoms. The van der Waals surface area contributed by atoms with Crippen molar-refractivity contribution in [2.75, 3.05) is 5.32 Å². The van der Waals surface area contributed by atoms with Gasteiger partial charge in [-0.25, -0.2) is 4.98 Å². The van der Waals surface area contributed by atoms with Crippen LogP contribution in [-0.4, -0.2) is 20.7 Å². The lowest BCUT2D eigenvalue weighted by Crippen LogP contribution is -2.25. The highest BCUT2D eigenvalue weighted by Gasteiger charge is 2.19. The number of para-hydroxylation sites is 1. The number of amides is 1. The minimum Gasteiger partial charge on any atom is -0.325 e. The van der Waals surface area contributed by atoms with Crippen molar-refractivity contribution in [3.63, 3.8) is 0 Å². The van der Waals surface area contributed by atoms with E-state index < -0.39 is 5.25 Å². The van der Waals surface area contributed by atoms with Crippen molar-refractivity contribution in [2.24, 2.45) is 7.05 Å². The minimum absolute atomic E-state index is 0.116. The highest BCUT2D eigenvalue weighted by Crippen LogP contribution is 2.26. The number of carbonyl (C=O) groups is 1. The summed E-state index contributed by atoms with van der Waals surface area (Å²) in [6.45, 7) is 1.81. The second-order valence-electron chi connectivity index (χ2n) is 6.55. The third-order valence-corrected chi connectivity index (χ3v) is 5.78. The van der Waals surface area contributed by atoms with Gasteiger partial charge in [0, 0.05) is 18.1 Å². The fraction of sp³-hybridized carbons (Fsp3) is 0.136. The van der Waals surface area contributed by atoms with Crippen LogP contribution in [0, 0.1) is 0 Å². The van der Waals surface area contributed by atoms with Gasteiger partial charge in [0.2, 0.25) is 5.91 Å². The van der Waals surface area contributed by atoms with Crippen LogP contribution in [0.25, 0.3) is 21.7 Å². The summed E-state index contributed by atoms with van der Waals surface area (Å²) in [7, 11) is 1.68. The molecule has 5 nitrogen and oxygen atoms in total. The largest absolute Gasteiger partial charge is 0.325 e. The quantitative estimate of drug-likeness (QED) is 0.420. The topological polar surface area (TPSA) is 64.0 Å². The predicted octanol–water partition coefficient (Wildman–Crippen LogP) is 4.21. The summed E-state index contributed by atoms with van der Waals surface area (Å²) in [6.07, 6.45) is 0. The standard InChI is InChI=1S/C22H19N3O2S/c1-14(20(26)23-18-13-7-9-15-8-3-4-10-16(15)18)28-22-24-19-12-6-5-11-17(19)21(27)25(22)2/h3-14H,1-2H3,(H,23,26). The minimum atomic E-state index is -0.418. The molecule has 6 heteroatoms. The number of hydrogen-bond donors (Lipinski definition) is 1. The van der Waals surface area contributed by atoms with E-state index in [1.165, 1.54) is 16.3 Å². The van der Waals surface area contributed by atoms with E-state index in [4.69, 9.17) is 0 Å². The molecule has 0 aliphatic heterocycles. The van der Waals surface area contributed by atoms with Gasteiger partial charge in [-0.1, -0.05) is 60.3 Å². The van der Waals surface area contributed by atoms with Crippen molar-refractivity contribution < 1.29 is 4.79 Å². The van der Waals surface area contributed by atoms with Crippen LogP contribution in [0.15, 0.2) is 76.7 Å². The van der Waals surface area contributed by atoms with E-state index in [0.717, 1.165) is 16.5 Å². The fourth-order valence-corrected chi connectivity index (χ4v) is 3.96. The number of nitrogens with zero attached hydrogens (tertiary/aromatic N) is 2. The van der Waals surface area contributed by atoms with Gasteiger partial charge in [0.25, 0.3) is 5.56 Å². The lowest BCUT2D eigenvalue weighted by molar-refractivity contribution is -0.115. The molecule has 0 fully saturated rings.